The van der Waals surface area contributed by atoms with E-state index in [0.717, 1.165) is 38.3 Å². The van der Waals surface area contributed by atoms with Crippen LogP contribution in [0, 0.1) is 17.8 Å². The molecule has 1 aliphatic heterocycles. The van der Waals surface area contributed by atoms with Gasteiger partial charge in [-0.15, -0.1) is 0 Å². The van der Waals surface area contributed by atoms with Crippen molar-refractivity contribution in [3.05, 3.63) is 0 Å². The fourth-order valence-corrected chi connectivity index (χ4v) is 3.69. The summed E-state index contributed by atoms with van der Waals surface area (Å²) in [4.78, 5) is 14.7. The molecule has 0 aromatic heterocycles. The maximum atomic E-state index is 12.5. The minimum atomic E-state index is 0.203. The molecule has 0 spiro atoms. The Morgan fingerprint density at radius 3 is 2.47 bits per heavy atom. The highest BCUT2D eigenvalue weighted by atomic mass is 16.2. The largest absolute Gasteiger partial charge is 0.342 e. The lowest BCUT2D eigenvalue weighted by atomic mass is 9.78. The number of rotatable bonds is 3. The molecule has 2 rings (SSSR count). The van der Waals surface area contributed by atoms with E-state index < -0.39 is 0 Å². The van der Waals surface area contributed by atoms with Crippen LogP contribution in [-0.4, -0.2) is 29.9 Å². The maximum Gasteiger partial charge on any atom is 0.225 e. The van der Waals surface area contributed by atoms with Crippen molar-refractivity contribution in [1.29, 1.82) is 0 Å². The fraction of sp³-hybridized carbons (Fsp3) is 0.938. The predicted molar refractivity (Wildman–Crippen MR) is 78.7 cm³/mol. The Kier molecular flexibility index (Phi) is 5.26. The molecule has 19 heavy (non-hydrogen) atoms. The van der Waals surface area contributed by atoms with Gasteiger partial charge in [0.15, 0.2) is 0 Å². The molecule has 0 aromatic rings. The Morgan fingerprint density at radius 2 is 1.89 bits per heavy atom. The van der Waals surface area contributed by atoms with E-state index in [0.29, 0.717) is 11.8 Å². The maximum absolute atomic E-state index is 12.5. The highest BCUT2D eigenvalue weighted by molar-refractivity contribution is 5.79. The molecule has 3 unspecified atom stereocenters. The second kappa shape index (κ2) is 6.74. The van der Waals surface area contributed by atoms with Gasteiger partial charge in [-0.2, -0.15) is 0 Å². The van der Waals surface area contributed by atoms with Gasteiger partial charge < -0.3 is 10.6 Å². The van der Waals surface area contributed by atoms with Crippen LogP contribution < -0.4 is 5.73 Å². The Labute approximate surface area is 117 Å². The summed E-state index contributed by atoms with van der Waals surface area (Å²) in [5, 5.41) is 0. The lowest BCUT2D eigenvalue weighted by Gasteiger charge is -2.37. The molecule has 1 saturated carbocycles. The zero-order chi connectivity index (χ0) is 13.8. The van der Waals surface area contributed by atoms with E-state index in [2.05, 4.69) is 18.7 Å². The third kappa shape index (κ3) is 3.71. The monoisotopic (exact) mass is 266 g/mol. The van der Waals surface area contributed by atoms with Gasteiger partial charge in [0.2, 0.25) is 5.91 Å². The molecule has 2 aliphatic rings. The number of nitrogens with zero attached hydrogens (tertiary/aromatic N) is 1. The molecule has 1 heterocycles. The number of hydrogen-bond acceptors (Lipinski definition) is 2. The first-order valence-electron chi connectivity index (χ1n) is 8.16. The van der Waals surface area contributed by atoms with E-state index >= 15 is 0 Å². The van der Waals surface area contributed by atoms with E-state index in [4.69, 9.17) is 5.73 Å². The van der Waals surface area contributed by atoms with Crippen LogP contribution in [0.5, 0.6) is 0 Å². The number of likely N-dealkylation sites (tertiary alicyclic amines) is 1. The summed E-state index contributed by atoms with van der Waals surface area (Å²) in [7, 11) is 0. The third-order valence-electron chi connectivity index (χ3n) is 5.23. The smallest absolute Gasteiger partial charge is 0.225 e. The minimum Gasteiger partial charge on any atom is -0.342 e. The summed E-state index contributed by atoms with van der Waals surface area (Å²) in [5.74, 6) is 2.02. The Balaban J connectivity index is 1.81. The Bertz CT molecular complexity index is 297. The van der Waals surface area contributed by atoms with Gasteiger partial charge in [-0.05, 0) is 43.9 Å². The van der Waals surface area contributed by atoms with Gasteiger partial charge in [-0.3, -0.25) is 4.79 Å². The first-order chi connectivity index (χ1) is 9.11. The van der Waals surface area contributed by atoms with Crippen LogP contribution in [-0.2, 0) is 4.79 Å². The number of carbonyl (C=O) groups excluding carboxylic acids is 1. The summed E-state index contributed by atoms with van der Waals surface area (Å²) in [6.07, 6.45) is 8.06. The van der Waals surface area contributed by atoms with E-state index in [9.17, 15) is 4.79 Å². The summed E-state index contributed by atoms with van der Waals surface area (Å²) in [5.41, 5.74) is 6.13. The Morgan fingerprint density at radius 1 is 1.21 bits per heavy atom. The number of amides is 1. The summed E-state index contributed by atoms with van der Waals surface area (Å²) >= 11 is 0. The number of nitrogens with two attached hydrogens (primary N) is 1. The zero-order valence-electron chi connectivity index (χ0n) is 12.6. The SMILES string of the molecule is CCCC1CCN(C(=O)C2CCC(C)C(N)C2)CC1. The van der Waals surface area contributed by atoms with Crippen LogP contribution in [0.3, 0.4) is 0 Å². The van der Waals surface area contributed by atoms with Crippen molar-refractivity contribution in [2.24, 2.45) is 23.5 Å². The third-order valence-corrected chi connectivity index (χ3v) is 5.23. The van der Waals surface area contributed by atoms with Crippen molar-refractivity contribution >= 4 is 5.91 Å². The second-order valence-corrected chi connectivity index (χ2v) is 6.71. The van der Waals surface area contributed by atoms with Crippen molar-refractivity contribution in [2.45, 2.75) is 64.8 Å². The summed E-state index contributed by atoms with van der Waals surface area (Å²) in [6, 6.07) is 0.223. The van der Waals surface area contributed by atoms with Crippen molar-refractivity contribution in [2.75, 3.05) is 13.1 Å². The standard InChI is InChI=1S/C16H30N2O/c1-3-4-13-7-9-18(10-8-13)16(19)14-6-5-12(2)15(17)11-14/h12-15H,3-11,17H2,1-2H3. The first kappa shape index (κ1) is 14.8. The number of hydrogen-bond donors (Lipinski definition) is 1. The van der Waals surface area contributed by atoms with Crippen molar-refractivity contribution in [3.8, 4) is 0 Å². The molecular formula is C16H30N2O. The summed E-state index contributed by atoms with van der Waals surface area (Å²) in [6.45, 7) is 6.42. The van der Waals surface area contributed by atoms with Crippen LogP contribution >= 0.6 is 0 Å². The molecule has 0 bridgehead atoms. The van der Waals surface area contributed by atoms with Crippen LogP contribution in [0.4, 0.5) is 0 Å². The van der Waals surface area contributed by atoms with Gasteiger partial charge in [0, 0.05) is 25.0 Å². The molecule has 3 atom stereocenters. The second-order valence-electron chi connectivity index (χ2n) is 6.71. The lowest BCUT2D eigenvalue weighted by Crippen LogP contribution is -2.45. The van der Waals surface area contributed by atoms with Crippen LogP contribution in [0.2, 0.25) is 0 Å². The predicted octanol–water partition coefficient (Wildman–Crippen LogP) is 2.79. The van der Waals surface area contributed by atoms with Crippen molar-refractivity contribution in [1.82, 2.24) is 4.90 Å². The molecule has 1 amide bonds. The molecule has 3 nitrogen and oxygen atoms in total. The molecule has 0 radical (unpaired) electrons. The van der Waals surface area contributed by atoms with Gasteiger partial charge in [0.25, 0.3) is 0 Å². The Hall–Kier alpha value is -0.570. The molecule has 2 fully saturated rings. The molecule has 110 valence electrons. The molecule has 0 aromatic carbocycles. The number of carbonyl (C=O) groups is 1. The average Bonchev–Trinajstić information content (AvgIpc) is 2.42. The van der Waals surface area contributed by atoms with Gasteiger partial charge in [0.1, 0.15) is 0 Å². The van der Waals surface area contributed by atoms with Crippen molar-refractivity contribution < 1.29 is 4.79 Å². The van der Waals surface area contributed by atoms with E-state index in [1.54, 1.807) is 0 Å². The van der Waals surface area contributed by atoms with Crippen LogP contribution in [0.1, 0.15) is 58.8 Å². The van der Waals surface area contributed by atoms with Crippen LogP contribution in [0.15, 0.2) is 0 Å². The van der Waals surface area contributed by atoms with Gasteiger partial charge >= 0.3 is 0 Å². The normalized spacial score (nSPS) is 33.4. The molecule has 2 N–H and O–H groups in total. The highest BCUT2D eigenvalue weighted by Gasteiger charge is 2.33. The zero-order valence-corrected chi connectivity index (χ0v) is 12.6. The van der Waals surface area contributed by atoms with E-state index in [1.165, 1.54) is 25.7 Å². The highest BCUT2D eigenvalue weighted by Crippen LogP contribution is 2.30. The van der Waals surface area contributed by atoms with E-state index in [-0.39, 0.29) is 12.0 Å². The van der Waals surface area contributed by atoms with Crippen molar-refractivity contribution in [3.63, 3.8) is 0 Å². The van der Waals surface area contributed by atoms with Crippen LogP contribution in [0.25, 0.3) is 0 Å². The molecule has 1 saturated heterocycles. The van der Waals surface area contributed by atoms with Gasteiger partial charge in [0.05, 0.1) is 0 Å². The molecule has 3 heteroatoms. The fourth-order valence-electron chi connectivity index (χ4n) is 3.69. The molecule has 1 aliphatic carbocycles. The average molecular weight is 266 g/mol. The van der Waals surface area contributed by atoms with E-state index in [1.807, 2.05) is 0 Å². The number of piperidine rings is 1. The molecular weight excluding hydrogens is 236 g/mol. The minimum absolute atomic E-state index is 0.203. The topological polar surface area (TPSA) is 46.3 Å². The summed E-state index contributed by atoms with van der Waals surface area (Å²) < 4.78 is 0. The van der Waals surface area contributed by atoms with Gasteiger partial charge in [-0.1, -0.05) is 26.7 Å². The first-order valence-corrected chi connectivity index (χ1v) is 8.16. The quantitative estimate of drug-likeness (QED) is 0.854. The van der Waals surface area contributed by atoms with Gasteiger partial charge in [-0.25, -0.2) is 0 Å². The lowest BCUT2D eigenvalue weighted by molar-refractivity contribution is -0.138.